The van der Waals surface area contributed by atoms with E-state index in [1.165, 1.54) is 16.9 Å². The molecule has 0 fully saturated rings. The molecule has 0 unspecified atom stereocenters. The Hall–Kier alpha value is -2.24. The van der Waals surface area contributed by atoms with Crippen LogP contribution in [0.5, 0.6) is 5.75 Å². The van der Waals surface area contributed by atoms with E-state index < -0.39 is 0 Å². The molecule has 3 rings (SSSR count). The number of nitrogens with zero attached hydrogens (tertiary/aromatic N) is 1. The summed E-state index contributed by atoms with van der Waals surface area (Å²) in [4.78, 5) is 18.6. The van der Waals surface area contributed by atoms with Gasteiger partial charge in [0.2, 0.25) is 0 Å². The van der Waals surface area contributed by atoms with E-state index >= 15 is 0 Å². The molecule has 3 nitrogen and oxygen atoms in total. The van der Waals surface area contributed by atoms with Gasteiger partial charge >= 0.3 is 0 Å². The molecular weight excluding hydrogens is 326 g/mol. The van der Waals surface area contributed by atoms with Gasteiger partial charge in [-0.05, 0) is 67.3 Å². The Bertz CT molecular complexity index is 873. The summed E-state index contributed by atoms with van der Waals surface area (Å²) in [6.45, 7) is 3.87. The molecule has 0 spiro atoms. The first-order valence-electron chi connectivity index (χ1n) is 7.08. The van der Waals surface area contributed by atoms with Crippen molar-refractivity contribution >= 4 is 34.5 Å². The fraction of sp³-hybridized carbons (Fsp3) is 0.111. The Morgan fingerprint density at radius 3 is 2.57 bits per heavy atom. The Kier molecular flexibility index (Phi) is 4.41. The summed E-state index contributed by atoms with van der Waals surface area (Å²) >= 11 is 3.00. The first-order valence-corrected chi connectivity index (χ1v) is 8.77. The Labute approximate surface area is 142 Å². The van der Waals surface area contributed by atoms with Gasteiger partial charge in [0.1, 0.15) is 10.8 Å². The minimum absolute atomic E-state index is 0.0298. The van der Waals surface area contributed by atoms with E-state index in [9.17, 15) is 9.90 Å². The highest BCUT2D eigenvalue weighted by molar-refractivity contribution is 7.17. The average Bonchev–Trinajstić information content (AvgIpc) is 3.11. The zero-order valence-corrected chi connectivity index (χ0v) is 14.4. The molecule has 2 aromatic heterocycles. The summed E-state index contributed by atoms with van der Waals surface area (Å²) in [5.41, 5.74) is 2.80. The fourth-order valence-electron chi connectivity index (χ4n) is 2.13. The highest BCUT2D eigenvalue weighted by Crippen LogP contribution is 2.29. The number of hydrogen-bond acceptors (Lipinski definition) is 5. The van der Waals surface area contributed by atoms with E-state index in [1.807, 2.05) is 31.4 Å². The molecule has 23 heavy (non-hydrogen) atoms. The summed E-state index contributed by atoms with van der Waals surface area (Å²) in [5.74, 6) is 0.186. The highest BCUT2D eigenvalue weighted by atomic mass is 32.1. The van der Waals surface area contributed by atoms with Gasteiger partial charge in [0.05, 0.1) is 10.6 Å². The number of aromatic hydroxyl groups is 1. The first-order chi connectivity index (χ1) is 11.0. The molecule has 0 aliphatic carbocycles. The predicted molar refractivity (Wildman–Crippen MR) is 96.4 cm³/mol. The lowest BCUT2D eigenvalue weighted by molar-refractivity contribution is 0.105. The molecule has 0 radical (unpaired) electrons. The molecule has 0 saturated carbocycles. The molecule has 2 heterocycles. The van der Waals surface area contributed by atoms with E-state index in [0.29, 0.717) is 4.88 Å². The maximum atomic E-state index is 12.4. The number of thiophene rings is 1. The van der Waals surface area contributed by atoms with Crippen molar-refractivity contribution in [1.29, 1.82) is 0 Å². The van der Waals surface area contributed by atoms with Crippen molar-refractivity contribution in [2.24, 2.45) is 0 Å². The summed E-state index contributed by atoms with van der Waals surface area (Å²) in [6, 6.07) is 8.87. The van der Waals surface area contributed by atoms with Crippen molar-refractivity contribution < 1.29 is 9.90 Å². The fourth-order valence-corrected chi connectivity index (χ4v) is 3.95. The quantitative estimate of drug-likeness (QED) is 0.531. The molecule has 0 amide bonds. The van der Waals surface area contributed by atoms with Crippen LogP contribution in [0.4, 0.5) is 0 Å². The maximum Gasteiger partial charge on any atom is 0.197 e. The molecule has 0 aliphatic rings. The van der Waals surface area contributed by atoms with Crippen molar-refractivity contribution in [1.82, 2.24) is 4.98 Å². The normalized spacial score (nSPS) is 11.2. The summed E-state index contributed by atoms with van der Waals surface area (Å²) in [6.07, 6.45) is 3.47. The van der Waals surface area contributed by atoms with Crippen LogP contribution < -0.4 is 0 Å². The predicted octanol–water partition coefficient (Wildman–Crippen LogP) is 5.09. The molecule has 0 saturated heterocycles. The summed E-state index contributed by atoms with van der Waals surface area (Å²) in [5, 5.41) is 12.2. The molecule has 5 heteroatoms. The smallest absolute Gasteiger partial charge is 0.197 e. The van der Waals surface area contributed by atoms with Crippen molar-refractivity contribution in [3.05, 3.63) is 62.8 Å². The van der Waals surface area contributed by atoms with E-state index in [1.54, 1.807) is 41.7 Å². The lowest BCUT2D eigenvalue weighted by Gasteiger charge is -1.95. The third kappa shape index (κ3) is 3.41. The van der Waals surface area contributed by atoms with E-state index in [4.69, 9.17) is 0 Å². The zero-order valence-electron chi connectivity index (χ0n) is 12.7. The molecular formula is C18H15NO2S2. The maximum absolute atomic E-state index is 12.4. The third-order valence-electron chi connectivity index (χ3n) is 3.42. The number of thiazole rings is 1. The van der Waals surface area contributed by atoms with E-state index in [-0.39, 0.29) is 11.5 Å². The summed E-state index contributed by atoms with van der Waals surface area (Å²) in [7, 11) is 0. The third-order valence-corrected chi connectivity index (χ3v) is 5.63. The monoisotopic (exact) mass is 341 g/mol. The number of allylic oxidation sites excluding steroid dienone is 1. The van der Waals surface area contributed by atoms with Crippen LogP contribution in [0.15, 0.2) is 41.8 Å². The molecule has 116 valence electrons. The standard InChI is InChI=1S/C18H15NO2S2/c1-11-9-10-22-16(11)8-7-15(21)17-12(2)19-18(23-17)13-3-5-14(20)6-4-13/h3-10,20H,1-2H3/b8-7+. The van der Waals surface area contributed by atoms with E-state index in [0.717, 1.165) is 21.1 Å². The number of carbonyl (C=O) groups is 1. The molecule has 0 bridgehead atoms. The van der Waals surface area contributed by atoms with Gasteiger partial charge in [-0.25, -0.2) is 4.98 Å². The molecule has 1 N–H and O–H groups in total. The van der Waals surface area contributed by atoms with Gasteiger partial charge in [-0.3, -0.25) is 4.79 Å². The number of aromatic nitrogens is 1. The van der Waals surface area contributed by atoms with Gasteiger partial charge in [-0.1, -0.05) is 0 Å². The minimum atomic E-state index is -0.0298. The summed E-state index contributed by atoms with van der Waals surface area (Å²) < 4.78 is 0. The Morgan fingerprint density at radius 2 is 1.91 bits per heavy atom. The van der Waals surface area contributed by atoms with Gasteiger partial charge < -0.3 is 5.11 Å². The Balaban J connectivity index is 1.86. The second-order valence-electron chi connectivity index (χ2n) is 5.15. The highest BCUT2D eigenvalue weighted by Gasteiger charge is 2.14. The molecule has 3 aromatic rings. The number of rotatable bonds is 4. The second kappa shape index (κ2) is 6.48. The van der Waals surface area contributed by atoms with Crippen LogP contribution >= 0.6 is 22.7 Å². The number of phenols is 1. The van der Waals surface area contributed by atoms with Crippen LogP contribution in [-0.4, -0.2) is 15.9 Å². The van der Waals surface area contributed by atoms with Gasteiger partial charge in [0.25, 0.3) is 0 Å². The number of hydrogen-bond donors (Lipinski definition) is 1. The van der Waals surface area contributed by atoms with Gasteiger partial charge in [-0.15, -0.1) is 22.7 Å². The largest absolute Gasteiger partial charge is 0.508 e. The second-order valence-corrected chi connectivity index (χ2v) is 7.09. The van der Waals surface area contributed by atoms with Gasteiger partial charge in [0, 0.05) is 10.4 Å². The van der Waals surface area contributed by atoms with Crippen molar-refractivity contribution in [3.8, 4) is 16.3 Å². The zero-order chi connectivity index (χ0) is 16.4. The molecule has 0 atom stereocenters. The average molecular weight is 341 g/mol. The number of carbonyl (C=O) groups excluding carboxylic acids is 1. The lowest BCUT2D eigenvalue weighted by Crippen LogP contribution is -1.92. The number of phenolic OH excluding ortho intramolecular Hbond substituents is 1. The Morgan fingerprint density at radius 1 is 1.17 bits per heavy atom. The molecule has 1 aromatic carbocycles. The topological polar surface area (TPSA) is 50.2 Å². The van der Waals surface area contributed by atoms with Crippen molar-refractivity contribution in [2.75, 3.05) is 0 Å². The van der Waals surface area contributed by atoms with Gasteiger partial charge in [-0.2, -0.15) is 0 Å². The van der Waals surface area contributed by atoms with Crippen molar-refractivity contribution in [2.45, 2.75) is 13.8 Å². The van der Waals surface area contributed by atoms with Crippen LogP contribution in [0.25, 0.3) is 16.6 Å². The first kappa shape index (κ1) is 15.6. The molecule has 0 aliphatic heterocycles. The van der Waals surface area contributed by atoms with E-state index in [2.05, 4.69) is 4.98 Å². The minimum Gasteiger partial charge on any atom is -0.508 e. The SMILES string of the molecule is Cc1ccsc1/C=C/C(=O)c1sc(-c2ccc(O)cc2)nc1C. The van der Waals surface area contributed by atoms with Crippen LogP contribution in [0.2, 0.25) is 0 Å². The lowest BCUT2D eigenvalue weighted by atomic mass is 10.2. The van der Waals surface area contributed by atoms with Gasteiger partial charge in [0.15, 0.2) is 5.78 Å². The van der Waals surface area contributed by atoms with Crippen molar-refractivity contribution in [3.63, 3.8) is 0 Å². The number of benzene rings is 1. The van der Waals surface area contributed by atoms with Crippen LogP contribution in [-0.2, 0) is 0 Å². The number of aryl methyl sites for hydroxylation is 2. The van der Waals surface area contributed by atoms with Crippen LogP contribution in [0.3, 0.4) is 0 Å². The number of ketones is 1. The van der Waals surface area contributed by atoms with Crippen LogP contribution in [0.1, 0.15) is 25.8 Å². The van der Waals surface area contributed by atoms with Crippen LogP contribution in [0, 0.1) is 13.8 Å².